The molecule has 1 heterocycles. The quantitative estimate of drug-likeness (QED) is 0.699. The standard InChI is InChI=1S/C17H32N2O2/c1-5-15-8-7-11-19(15)13(3)12-17(4,16(20)21-6-2)18-14-9-10-14/h13-15,18H,5-12H2,1-4H3. The van der Waals surface area contributed by atoms with Crippen molar-refractivity contribution in [2.45, 2.75) is 89.9 Å². The molecule has 0 spiro atoms. The van der Waals surface area contributed by atoms with E-state index < -0.39 is 5.54 Å². The number of carbonyl (C=O) groups is 1. The van der Waals surface area contributed by atoms with E-state index in [0.717, 1.165) is 6.42 Å². The molecule has 0 aromatic carbocycles. The minimum Gasteiger partial charge on any atom is -0.465 e. The second-order valence-corrected chi connectivity index (χ2v) is 6.97. The summed E-state index contributed by atoms with van der Waals surface area (Å²) in [5, 5.41) is 3.54. The molecular weight excluding hydrogens is 264 g/mol. The molecule has 3 unspecified atom stereocenters. The van der Waals surface area contributed by atoms with Crippen molar-refractivity contribution >= 4 is 5.97 Å². The normalized spacial score (nSPS) is 27.3. The summed E-state index contributed by atoms with van der Waals surface area (Å²) < 4.78 is 5.33. The Hall–Kier alpha value is -0.610. The van der Waals surface area contributed by atoms with Gasteiger partial charge in [-0.15, -0.1) is 0 Å². The number of likely N-dealkylation sites (tertiary alicyclic amines) is 1. The average Bonchev–Trinajstić information content (AvgIpc) is 3.11. The van der Waals surface area contributed by atoms with Crippen LogP contribution in [0.2, 0.25) is 0 Å². The lowest BCUT2D eigenvalue weighted by Gasteiger charge is -2.37. The van der Waals surface area contributed by atoms with E-state index in [1.807, 2.05) is 13.8 Å². The molecule has 122 valence electrons. The van der Waals surface area contributed by atoms with Gasteiger partial charge >= 0.3 is 5.97 Å². The predicted octanol–water partition coefficient (Wildman–Crippen LogP) is 2.71. The number of nitrogens with one attached hydrogen (secondary N) is 1. The van der Waals surface area contributed by atoms with E-state index in [2.05, 4.69) is 24.1 Å². The number of rotatable bonds is 8. The zero-order valence-corrected chi connectivity index (χ0v) is 14.2. The fourth-order valence-corrected chi connectivity index (χ4v) is 3.75. The molecule has 0 amide bonds. The molecule has 1 saturated carbocycles. The molecule has 2 rings (SSSR count). The molecule has 2 aliphatic rings. The van der Waals surface area contributed by atoms with E-state index in [0.29, 0.717) is 24.7 Å². The summed E-state index contributed by atoms with van der Waals surface area (Å²) >= 11 is 0. The van der Waals surface area contributed by atoms with E-state index in [-0.39, 0.29) is 5.97 Å². The maximum Gasteiger partial charge on any atom is 0.326 e. The zero-order chi connectivity index (χ0) is 15.5. The monoisotopic (exact) mass is 296 g/mol. The van der Waals surface area contributed by atoms with Gasteiger partial charge in [-0.25, -0.2) is 0 Å². The number of hydrogen-bond donors (Lipinski definition) is 1. The van der Waals surface area contributed by atoms with Crippen LogP contribution in [0, 0.1) is 0 Å². The first-order chi connectivity index (χ1) is 10.00. The van der Waals surface area contributed by atoms with Gasteiger partial charge in [0, 0.05) is 18.1 Å². The molecule has 21 heavy (non-hydrogen) atoms. The molecule has 1 saturated heterocycles. The van der Waals surface area contributed by atoms with Crippen molar-refractivity contribution in [2.75, 3.05) is 13.2 Å². The molecule has 0 aromatic heterocycles. The summed E-state index contributed by atoms with van der Waals surface area (Å²) in [4.78, 5) is 15.0. The van der Waals surface area contributed by atoms with E-state index in [1.165, 1.54) is 38.6 Å². The highest BCUT2D eigenvalue weighted by atomic mass is 16.5. The van der Waals surface area contributed by atoms with Crippen LogP contribution in [0.3, 0.4) is 0 Å². The third-order valence-electron chi connectivity index (χ3n) is 4.99. The van der Waals surface area contributed by atoms with Crippen LogP contribution in [-0.2, 0) is 9.53 Å². The first-order valence-corrected chi connectivity index (χ1v) is 8.70. The number of hydrogen-bond acceptors (Lipinski definition) is 4. The number of ether oxygens (including phenoxy) is 1. The summed E-state index contributed by atoms with van der Waals surface area (Å²) in [7, 11) is 0. The van der Waals surface area contributed by atoms with Gasteiger partial charge in [0.25, 0.3) is 0 Å². The highest BCUT2D eigenvalue weighted by Gasteiger charge is 2.42. The SMILES string of the molecule is CCOC(=O)C(C)(CC(C)N1CCCC1CC)NC1CC1. The molecule has 1 N–H and O–H groups in total. The van der Waals surface area contributed by atoms with Crippen molar-refractivity contribution in [2.24, 2.45) is 0 Å². The highest BCUT2D eigenvalue weighted by Crippen LogP contribution is 2.30. The Bertz CT molecular complexity index is 357. The Morgan fingerprint density at radius 3 is 2.67 bits per heavy atom. The van der Waals surface area contributed by atoms with Crippen LogP contribution < -0.4 is 5.32 Å². The minimum absolute atomic E-state index is 0.0870. The summed E-state index contributed by atoms with van der Waals surface area (Å²) in [6, 6.07) is 1.61. The van der Waals surface area contributed by atoms with Gasteiger partial charge in [0.15, 0.2) is 0 Å². The molecule has 1 aliphatic carbocycles. The van der Waals surface area contributed by atoms with Crippen LogP contribution in [0.5, 0.6) is 0 Å². The first kappa shape index (κ1) is 16.8. The lowest BCUT2D eigenvalue weighted by Crippen LogP contribution is -2.55. The molecule has 1 aliphatic heterocycles. The molecule has 3 atom stereocenters. The largest absolute Gasteiger partial charge is 0.465 e. The van der Waals surface area contributed by atoms with Gasteiger partial charge < -0.3 is 4.74 Å². The van der Waals surface area contributed by atoms with Crippen molar-refractivity contribution in [3.05, 3.63) is 0 Å². The van der Waals surface area contributed by atoms with Crippen LogP contribution >= 0.6 is 0 Å². The Morgan fingerprint density at radius 1 is 1.38 bits per heavy atom. The molecular formula is C17H32N2O2. The van der Waals surface area contributed by atoms with Gasteiger partial charge in [0.05, 0.1) is 6.61 Å². The zero-order valence-electron chi connectivity index (χ0n) is 14.2. The Kier molecular flexibility index (Phi) is 5.67. The minimum atomic E-state index is -0.544. The van der Waals surface area contributed by atoms with Gasteiger partial charge in [-0.05, 0) is 65.8 Å². The van der Waals surface area contributed by atoms with Crippen LogP contribution in [0.4, 0.5) is 0 Å². The molecule has 4 heteroatoms. The maximum absolute atomic E-state index is 12.4. The predicted molar refractivity (Wildman–Crippen MR) is 85.3 cm³/mol. The lowest BCUT2D eigenvalue weighted by atomic mass is 9.92. The van der Waals surface area contributed by atoms with Crippen LogP contribution in [-0.4, -0.2) is 47.7 Å². The third-order valence-corrected chi connectivity index (χ3v) is 4.99. The van der Waals surface area contributed by atoms with E-state index in [4.69, 9.17) is 4.74 Å². The van der Waals surface area contributed by atoms with Gasteiger partial charge in [-0.2, -0.15) is 0 Å². The van der Waals surface area contributed by atoms with E-state index in [9.17, 15) is 4.79 Å². The summed E-state index contributed by atoms with van der Waals surface area (Å²) in [5.74, 6) is -0.0870. The third kappa shape index (κ3) is 4.19. The first-order valence-electron chi connectivity index (χ1n) is 8.70. The number of nitrogens with zero attached hydrogens (tertiary/aromatic N) is 1. The molecule has 2 fully saturated rings. The second kappa shape index (κ2) is 7.10. The van der Waals surface area contributed by atoms with E-state index in [1.54, 1.807) is 0 Å². The van der Waals surface area contributed by atoms with Crippen molar-refractivity contribution in [1.29, 1.82) is 0 Å². The topological polar surface area (TPSA) is 41.6 Å². The fourth-order valence-electron chi connectivity index (χ4n) is 3.75. The lowest BCUT2D eigenvalue weighted by molar-refractivity contribution is -0.151. The maximum atomic E-state index is 12.4. The van der Waals surface area contributed by atoms with Gasteiger partial charge in [0.2, 0.25) is 0 Å². The Morgan fingerprint density at radius 2 is 2.10 bits per heavy atom. The average molecular weight is 296 g/mol. The van der Waals surface area contributed by atoms with Crippen LogP contribution in [0.15, 0.2) is 0 Å². The number of carbonyl (C=O) groups excluding carboxylic acids is 1. The van der Waals surface area contributed by atoms with Gasteiger partial charge in [0.1, 0.15) is 5.54 Å². The summed E-state index contributed by atoms with van der Waals surface area (Å²) in [5.41, 5.74) is -0.544. The van der Waals surface area contributed by atoms with Crippen molar-refractivity contribution in [1.82, 2.24) is 10.2 Å². The number of esters is 1. The van der Waals surface area contributed by atoms with Crippen LogP contribution in [0.25, 0.3) is 0 Å². The van der Waals surface area contributed by atoms with Crippen LogP contribution in [0.1, 0.15) is 66.2 Å². The fraction of sp³-hybridized carbons (Fsp3) is 0.941. The van der Waals surface area contributed by atoms with Gasteiger partial charge in [-0.1, -0.05) is 6.92 Å². The van der Waals surface area contributed by atoms with Gasteiger partial charge in [-0.3, -0.25) is 15.0 Å². The highest BCUT2D eigenvalue weighted by molar-refractivity contribution is 5.80. The molecule has 4 nitrogen and oxygen atoms in total. The van der Waals surface area contributed by atoms with Crippen molar-refractivity contribution in [3.63, 3.8) is 0 Å². The molecule has 0 aromatic rings. The molecule has 0 radical (unpaired) electrons. The summed E-state index contributed by atoms with van der Waals surface area (Å²) in [6.07, 6.45) is 6.99. The van der Waals surface area contributed by atoms with E-state index >= 15 is 0 Å². The Balaban J connectivity index is 2.01. The second-order valence-electron chi connectivity index (χ2n) is 6.97. The molecule has 0 bridgehead atoms. The van der Waals surface area contributed by atoms with Crippen molar-refractivity contribution < 1.29 is 9.53 Å². The smallest absolute Gasteiger partial charge is 0.326 e. The summed E-state index contributed by atoms with van der Waals surface area (Å²) in [6.45, 7) is 10.1. The van der Waals surface area contributed by atoms with Crippen molar-refractivity contribution in [3.8, 4) is 0 Å². The Labute approximate surface area is 129 Å².